The van der Waals surface area contributed by atoms with Crippen LogP contribution in [-0.2, 0) is 6.54 Å². The molecule has 0 aliphatic carbocycles. The quantitative estimate of drug-likeness (QED) is 0.303. The number of aromatic nitrogens is 2. The number of thiophene rings is 1. The smallest absolute Gasteiger partial charge is 0.269 e. The Hall–Kier alpha value is -3.98. The Balaban J connectivity index is 1.32. The molecule has 1 amide bonds. The number of hydrogen-bond donors (Lipinski definition) is 0. The number of carbonyl (C=O) groups excluding carboxylic acids is 1. The molecule has 0 bridgehead atoms. The van der Waals surface area contributed by atoms with Crippen LogP contribution in [0, 0.1) is 10.1 Å². The Labute approximate surface area is 200 Å². The van der Waals surface area contributed by atoms with Crippen LogP contribution >= 0.6 is 11.3 Å². The molecule has 3 heterocycles. The Morgan fingerprint density at radius 3 is 2.35 bits per heavy atom. The van der Waals surface area contributed by atoms with E-state index in [-0.39, 0.29) is 11.6 Å². The molecule has 0 unspecified atom stereocenters. The van der Waals surface area contributed by atoms with Crippen molar-refractivity contribution >= 4 is 28.6 Å². The first-order valence-electron chi connectivity index (χ1n) is 11.0. The summed E-state index contributed by atoms with van der Waals surface area (Å²) in [7, 11) is 0. The fourth-order valence-electron chi connectivity index (χ4n) is 4.15. The maximum atomic E-state index is 13.5. The summed E-state index contributed by atoms with van der Waals surface area (Å²) in [4.78, 5) is 29.0. The molecule has 0 radical (unpaired) electrons. The summed E-state index contributed by atoms with van der Waals surface area (Å²) in [5, 5.41) is 17.7. The molecule has 4 aromatic rings. The van der Waals surface area contributed by atoms with Gasteiger partial charge in [-0.15, -0.1) is 11.3 Å². The Morgan fingerprint density at radius 2 is 1.71 bits per heavy atom. The highest BCUT2D eigenvalue weighted by atomic mass is 32.1. The number of anilines is 1. The number of benzene rings is 2. The van der Waals surface area contributed by atoms with Crippen molar-refractivity contribution in [2.45, 2.75) is 6.54 Å². The lowest BCUT2D eigenvalue weighted by Crippen LogP contribution is -2.48. The molecule has 1 saturated heterocycles. The van der Waals surface area contributed by atoms with Crippen LogP contribution in [0.15, 0.2) is 78.3 Å². The van der Waals surface area contributed by atoms with E-state index in [2.05, 4.69) is 4.90 Å². The molecule has 1 aliphatic rings. The minimum Gasteiger partial charge on any atom is -0.368 e. The van der Waals surface area contributed by atoms with Gasteiger partial charge in [0.25, 0.3) is 11.6 Å². The lowest BCUT2D eigenvalue weighted by molar-refractivity contribution is -0.384. The maximum absolute atomic E-state index is 13.5. The highest BCUT2D eigenvalue weighted by molar-refractivity contribution is 7.13. The van der Waals surface area contributed by atoms with Crippen LogP contribution in [0.5, 0.6) is 0 Å². The van der Waals surface area contributed by atoms with Gasteiger partial charge in [-0.25, -0.2) is 0 Å². The minimum atomic E-state index is -0.399. The Morgan fingerprint density at radius 1 is 0.971 bits per heavy atom. The van der Waals surface area contributed by atoms with Gasteiger partial charge in [-0.1, -0.05) is 36.4 Å². The molecular formula is C25H23N5O3S. The molecule has 172 valence electrons. The molecule has 0 N–H and O–H groups in total. The number of rotatable bonds is 6. The first-order valence-corrected chi connectivity index (χ1v) is 11.9. The molecule has 5 rings (SSSR count). The summed E-state index contributed by atoms with van der Waals surface area (Å²) in [5.41, 5.74) is 3.45. The molecule has 1 fully saturated rings. The zero-order chi connectivity index (χ0) is 23.5. The predicted octanol–water partition coefficient (Wildman–Crippen LogP) is 4.53. The number of nitro benzene ring substituents is 1. The average Bonchev–Trinajstić information content (AvgIpc) is 3.55. The van der Waals surface area contributed by atoms with Crippen molar-refractivity contribution in [2.24, 2.45) is 0 Å². The second-order valence-corrected chi connectivity index (χ2v) is 9.05. The number of hydrogen-bond acceptors (Lipinski definition) is 6. The molecule has 2 aromatic heterocycles. The van der Waals surface area contributed by atoms with Crippen LogP contribution in [0.1, 0.15) is 15.9 Å². The van der Waals surface area contributed by atoms with Crippen LogP contribution < -0.4 is 4.90 Å². The summed E-state index contributed by atoms with van der Waals surface area (Å²) in [6.45, 7) is 3.07. The molecular weight excluding hydrogens is 450 g/mol. The minimum absolute atomic E-state index is 0.0222. The van der Waals surface area contributed by atoms with Crippen LogP contribution in [0.25, 0.3) is 10.6 Å². The van der Waals surface area contributed by atoms with E-state index >= 15 is 0 Å². The molecule has 0 atom stereocenters. The number of piperazine rings is 1. The molecule has 34 heavy (non-hydrogen) atoms. The summed E-state index contributed by atoms with van der Waals surface area (Å²) in [5.74, 6) is -0.0222. The summed E-state index contributed by atoms with van der Waals surface area (Å²) < 4.78 is 1.84. The maximum Gasteiger partial charge on any atom is 0.269 e. The standard InChI is InChI=1S/C25H23N5O3S/c31-25(28-14-12-27(13-15-28)20-8-10-21(11-9-20)30(32)33)22-18-29(17-19-5-2-1-3-6-19)26-24(22)23-7-4-16-34-23/h1-11,16,18H,12-15,17H2. The molecule has 0 spiro atoms. The van der Waals surface area contributed by atoms with Crippen LogP contribution in [-0.4, -0.2) is 51.7 Å². The topological polar surface area (TPSA) is 84.5 Å². The summed E-state index contributed by atoms with van der Waals surface area (Å²) >= 11 is 1.57. The van der Waals surface area contributed by atoms with E-state index in [1.165, 1.54) is 12.1 Å². The van der Waals surface area contributed by atoms with Crippen molar-refractivity contribution in [3.63, 3.8) is 0 Å². The average molecular weight is 474 g/mol. The lowest BCUT2D eigenvalue weighted by atomic mass is 10.1. The summed E-state index contributed by atoms with van der Waals surface area (Å²) in [6, 6.07) is 20.6. The van der Waals surface area contributed by atoms with Crippen LogP contribution in [0.4, 0.5) is 11.4 Å². The third kappa shape index (κ3) is 4.55. The van der Waals surface area contributed by atoms with Gasteiger partial charge < -0.3 is 9.80 Å². The van der Waals surface area contributed by atoms with Gasteiger partial charge >= 0.3 is 0 Å². The largest absolute Gasteiger partial charge is 0.368 e. The van der Waals surface area contributed by atoms with Crippen molar-refractivity contribution in [1.29, 1.82) is 0 Å². The molecule has 2 aromatic carbocycles. The fraction of sp³-hybridized carbons (Fsp3) is 0.200. The molecule has 1 aliphatic heterocycles. The second-order valence-electron chi connectivity index (χ2n) is 8.10. The Kier molecular flexibility index (Phi) is 6.09. The van der Waals surface area contributed by atoms with Gasteiger partial charge in [0.1, 0.15) is 5.69 Å². The van der Waals surface area contributed by atoms with Crippen molar-refractivity contribution in [3.05, 3.63) is 99.5 Å². The number of carbonyl (C=O) groups is 1. The van der Waals surface area contributed by atoms with E-state index in [4.69, 9.17) is 5.10 Å². The third-order valence-electron chi connectivity index (χ3n) is 5.93. The van der Waals surface area contributed by atoms with Gasteiger partial charge in [0.2, 0.25) is 0 Å². The number of nitro groups is 1. The van der Waals surface area contributed by atoms with Crippen LogP contribution in [0.3, 0.4) is 0 Å². The molecule has 0 saturated carbocycles. The van der Waals surface area contributed by atoms with Crippen LogP contribution in [0.2, 0.25) is 0 Å². The monoisotopic (exact) mass is 473 g/mol. The number of non-ortho nitro benzene ring substituents is 1. The second kappa shape index (κ2) is 9.48. The zero-order valence-corrected chi connectivity index (χ0v) is 19.2. The molecule has 8 nitrogen and oxygen atoms in total. The SMILES string of the molecule is O=C(c1cn(Cc2ccccc2)nc1-c1cccs1)N1CCN(c2ccc([N+](=O)[O-])cc2)CC1. The first-order chi connectivity index (χ1) is 16.6. The van der Waals surface area contributed by atoms with E-state index < -0.39 is 4.92 Å². The van der Waals surface area contributed by atoms with Gasteiger partial charge in [0, 0.05) is 50.2 Å². The first kappa shape index (κ1) is 21.8. The van der Waals surface area contributed by atoms with Gasteiger partial charge in [-0.3, -0.25) is 19.6 Å². The van der Waals surface area contributed by atoms with E-state index in [1.54, 1.807) is 23.5 Å². The van der Waals surface area contributed by atoms with Gasteiger partial charge in [0.05, 0.1) is 21.9 Å². The lowest BCUT2D eigenvalue weighted by Gasteiger charge is -2.36. The van der Waals surface area contributed by atoms with Crippen molar-refractivity contribution in [1.82, 2.24) is 14.7 Å². The van der Waals surface area contributed by atoms with Crippen molar-refractivity contribution < 1.29 is 9.72 Å². The van der Waals surface area contributed by atoms with Gasteiger partial charge in [0.15, 0.2) is 0 Å². The Bertz CT molecular complexity index is 1280. The normalized spacial score (nSPS) is 13.8. The van der Waals surface area contributed by atoms with Gasteiger partial charge in [-0.05, 0) is 29.1 Å². The predicted molar refractivity (Wildman–Crippen MR) is 132 cm³/mol. The fourth-order valence-corrected chi connectivity index (χ4v) is 4.87. The summed E-state index contributed by atoms with van der Waals surface area (Å²) in [6.07, 6.45) is 1.85. The van der Waals surface area contributed by atoms with E-state index in [1.807, 2.05) is 63.6 Å². The third-order valence-corrected chi connectivity index (χ3v) is 6.80. The van der Waals surface area contributed by atoms with E-state index in [9.17, 15) is 14.9 Å². The zero-order valence-electron chi connectivity index (χ0n) is 18.4. The molecule has 9 heteroatoms. The van der Waals surface area contributed by atoms with E-state index in [0.29, 0.717) is 44.0 Å². The highest BCUT2D eigenvalue weighted by Gasteiger charge is 2.27. The highest BCUT2D eigenvalue weighted by Crippen LogP contribution is 2.29. The van der Waals surface area contributed by atoms with Crippen molar-refractivity contribution in [2.75, 3.05) is 31.1 Å². The number of amides is 1. The van der Waals surface area contributed by atoms with E-state index in [0.717, 1.165) is 16.1 Å². The number of nitrogens with zero attached hydrogens (tertiary/aromatic N) is 5. The van der Waals surface area contributed by atoms with Gasteiger partial charge in [-0.2, -0.15) is 5.10 Å². The van der Waals surface area contributed by atoms with Crippen molar-refractivity contribution in [3.8, 4) is 10.6 Å².